The van der Waals surface area contributed by atoms with Crippen molar-refractivity contribution in [1.29, 1.82) is 0 Å². The largest absolute Gasteiger partial charge is 0.450 e. The van der Waals surface area contributed by atoms with Gasteiger partial charge >= 0.3 is 18.1 Å². The molecule has 9 aromatic rings. The molecule has 2 amide bonds. The summed E-state index contributed by atoms with van der Waals surface area (Å²) in [7, 11) is 0. The van der Waals surface area contributed by atoms with Crippen molar-refractivity contribution in [2.45, 2.75) is 46.8 Å². The molecule has 4 heterocycles. The van der Waals surface area contributed by atoms with E-state index < -0.39 is 72.2 Å². The van der Waals surface area contributed by atoms with Gasteiger partial charge in [-0.1, -0.05) is 217 Å². The van der Waals surface area contributed by atoms with Gasteiger partial charge in [-0.3, -0.25) is 14.5 Å². The third kappa shape index (κ3) is 13.4. The van der Waals surface area contributed by atoms with Crippen molar-refractivity contribution in [2.24, 2.45) is 5.16 Å². The summed E-state index contributed by atoms with van der Waals surface area (Å²) in [5.41, 5.74) is 4.73. The zero-order valence-corrected chi connectivity index (χ0v) is 48.2. The van der Waals surface area contributed by atoms with E-state index in [1.165, 1.54) is 52.2 Å². The first-order chi connectivity index (χ1) is 41.9. The monoisotopic (exact) mass is 1210 g/mol. The minimum absolute atomic E-state index is 0.00864. The van der Waals surface area contributed by atoms with Crippen molar-refractivity contribution in [2.75, 3.05) is 23.4 Å². The van der Waals surface area contributed by atoms with Crippen LogP contribution in [-0.4, -0.2) is 75.1 Å². The maximum absolute atomic E-state index is 15.0. The van der Waals surface area contributed by atoms with E-state index in [-0.39, 0.29) is 28.6 Å². The summed E-state index contributed by atoms with van der Waals surface area (Å²) >= 11 is 3.80. The number of halogens is 3. The molecule has 2 atom stereocenters. The molecular weight excluding hydrogens is 1150 g/mol. The van der Waals surface area contributed by atoms with Gasteiger partial charge in [0, 0.05) is 33.9 Å². The van der Waals surface area contributed by atoms with Gasteiger partial charge in [0.25, 0.3) is 11.8 Å². The Morgan fingerprint density at radius 2 is 1.13 bits per heavy atom. The molecule has 0 unspecified atom stereocenters. The number of β-lactam (4-membered cyclic amide) rings is 1. The zero-order chi connectivity index (χ0) is 59.5. The van der Waals surface area contributed by atoms with Crippen LogP contribution in [0.2, 0.25) is 0 Å². The average molecular weight is 1210 g/mol. The van der Waals surface area contributed by atoms with Crippen LogP contribution in [0.1, 0.15) is 56.8 Å². The van der Waals surface area contributed by atoms with Crippen LogP contribution in [0, 0.1) is 0 Å². The van der Waals surface area contributed by atoms with E-state index in [4.69, 9.17) is 19.3 Å². The minimum Gasteiger partial charge on any atom is -0.450 e. The Kier molecular flexibility index (Phi) is 18.2. The smallest absolute Gasteiger partial charge is 0.448 e. The molecule has 0 radical (unpaired) electrons. The Morgan fingerprint density at radius 3 is 1.60 bits per heavy atom. The maximum atomic E-state index is 15.0. The predicted molar refractivity (Wildman–Crippen MR) is 325 cm³/mol. The number of ether oxygens (including phenoxy) is 2. The van der Waals surface area contributed by atoms with E-state index in [2.05, 4.69) is 15.8 Å². The topological polar surface area (TPSA) is 152 Å². The first-order valence-electron chi connectivity index (χ1n) is 27.3. The minimum atomic E-state index is -4.41. The molecule has 0 saturated carbocycles. The van der Waals surface area contributed by atoms with E-state index >= 15 is 4.79 Å². The summed E-state index contributed by atoms with van der Waals surface area (Å²) in [4.78, 5) is 71.1. The number of esters is 2. The fourth-order valence-corrected chi connectivity index (χ4v) is 13.4. The van der Waals surface area contributed by atoms with Crippen molar-refractivity contribution < 1.29 is 51.2 Å². The van der Waals surface area contributed by atoms with E-state index in [1.807, 2.05) is 212 Å². The van der Waals surface area contributed by atoms with Gasteiger partial charge < -0.3 is 24.9 Å². The van der Waals surface area contributed by atoms with Crippen LogP contribution in [0.5, 0.6) is 0 Å². The molecule has 0 spiro atoms. The van der Waals surface area contributed by atoms with Crippen LogP contribution in [0.3, 0.4) is 0 Å². The number of hydrogen-bond acceptors (Lipinski definition) is 13. The van der Waals surface area contributed by atoms with Crippen molar-refractivity contribution in [3.63, 3.8) is 0 Å². The molecule has 11 rings (SSSR count). The summed E-state index contributed by atoms with van der Waals surface area (Å²) in [6.45, 7) is -1.87. The molecule has 2 aliphatic rings. The van der Waals surface area contributed by atoms with Gasteiger partial charge in [0.2, 0.25) is 13.2 Å². The van der Waals surface area contributed by atoms with E-state index in [1.54, 1.807) is 17.5 Å². The van der Waals surface area contributed by atoms with Crippen molar-refractivity contribution in [3.8, 4) is 0 Å². The molecule has 19 heteroatoms. The lowest BCUT2D eigenvalue weighted by molar-refractivity contribution is -0.719. The third-order valence-corrected chi connectivity index (χ3v) is 17.5. The lowest BCUT2D eigenvalue weighted by Crippen LogP contribution is -2.71. The van der Waals surface area contributed by atoms with Crippen LogP contribution >= 0.6 is 34.9 Å². The predicted octanol–water partition coefficient (Wildman–Crippen LogP) is 12.2. The summed E-state index contributed by atoms with van der Waals surface area (Å²) in [5, 5.41) is 12.1. The molecule has 1 saturated heterocycles. The molecule has 2 aromatic heterocycles. The van der Waals surface area contributed by atoms with Gasteiger partial charge in [-0.05, 0) is 44.5 Å². The summed E-state index contributed by atoms with van der Waals surface area (Å²) in [6.07, 6.45) is -3.41. The number of fused-ring (bicyclic) bond motifs is 1. The molecule has 0 bridgehead atoms. The van der Waals surface area contributed by atoms with Gasteiger partial charge in [-0.15, -0.1) is 34.9 Å². The van der Waals surface area contributed by atoms with E-state index in [0.29, 0.717) is 26.7 Å². The molecule has 2 aliphatic heterocycles. The maximum Gasteiger partial charge on any atom is 0.448 e. The highest BCUT2D eigenvalue weighted by atomic mass is 32.2. The standard InChI is InChI=1S/C67H53F3N6O7S3/c68-66(69,70)44-75-38-36-53(37-39-75)84-41-49-42-85-63-57(62(79)76(63)58(49)64(80)83-60(47-26-12-3-13-27-47)48-28-14-4-15-29-48)72-61(78)56(74-81-40-55(77)82-59(45-22-8-1-9-23-45)46-24-10-2-11-25-46)54-43-86-65(71-54)73-67(50-30-16-5-17-31-50,51-32-18-6-19-33-51)52-34-20-7-21-35-52/h1-39,43,57,59-60,63H,40-42,44H2,(H-,71,72,73,78)/p+1/t57-,63-/m1/s1. The second-order valence-corrected chi connectivity index (χ2v) is 23.0. The van der Waals surface area contributed by atoms with Crippen molar-refractivity contribution in [3.05, 3.63) is 298 Å². The van der Waals surface area contributed by atoms with Gasteiger partial charge in [-0.25, -0.2) is 14.6 Å². The number of alkyl halides is 3. The van der Waals surface area contributed by atoms with Crippen LogP contribution in [0.25, 0.3) is 0 Å². The highest BCUT2D eigenvalue weighted by Gasteiger charge is 2.55. The van der Waals surface area contributed by atoms with Crippen LogP contribution in [-0.2, 0) is 45.6 Å². The number of thioether (sulfide) groups is 2. The number of aromatic nitrogens is 2. The summed E-state index contributed by atoms with van der Waals surface area (Å²) < 4.78 is 53.1. The first kappa shape index (κ1) is 58.5. The molecule has 13 nitrogen and oxygen atoms in total. The molecule has 7 aromatic carbocycles. The number of pyridine rings is 1. The number of carbonyl (C=O) groups is 4. The molecule has 2 N–H and O–H groups in total. The molecule has 0 aliphatic carbocycles. The lowest BCUT2D eigenvalue weighted by atomic mass is 9.77. The Morgan fingerprint density at radius 1 is 0.663 bits per heavy atom. The molecule has 432 valence electrons. The Bertz CT molecular complexity index is 3680. The number of anilines is 1. The number of carbonyl (C=O) groups excluding carboxylic acids is 4. The van der Waals surface area contributed by atoms with E-state index in [9.17, 15) is 27.6 Å². The second kappa shape index (κ2) is 26.7. The highest BCUT2D eigenvalue weighted by Crippen LogP contribution is 2.44. The third-order valence-electron chi connectivity index (χ3n) is 14.3. The van der Waals surface area contributed by atoms with Crippen molar-refractivity contribution >= 4 is 69.5 Å². The number of benzene rings is 7. The summed E-state index contributed by atoms with van der Waals surface area (Å²) in [5.74, 6) is -2.67. The Labute approximate surface area is 506 Å². The van der Waals surface area contributed by atoms with Gasteiger partial charge in [0.1, 0.15) is 28.3 Å². The van der Waals surface area contributed by atoms with Crippen LogP contribution in [0.4, 0.5) is 18.3 Å². The second-order valence-electron chi connectivity index (χ2n) is 19.9. The molecule has 1 fully saturated rings. The van der Waals surface area contributed by atoms with Crippen LogP contribution < -0.4 is 15.2 Å². The highest BCUT2D eigenvalue weighted by molar-refractivity contribution is 8.01. The molecular formula is C67H54F3N6O7S3+. The van der Waals surface area contributed by atoms with Gasteiger partial charge in [-0.2, -0.15) is 17.7 Å². The van der Waals surface area contributed by atoms with Gasteiger partial charge in [0.05, 0.1) is 0 Å². The number of hydrogen-bond donors (Lipinski definition) is 2. The first-order valence-corrected chi connectivity index (χ1v) is 30.2. The lowest BCUT2D eigenvalue weighted by Gasteiger charge is -2.49. The normalized spacial score (nSPS) is 15.2. The zero-order valence-electron chi connectivity index (χ0n) is 45.7. The molecule has 86 heavy (non-hydrogen) atoms. The number of rotatable bonds is 22. The fraction of sp³-hybridized carbons (Fsp3) is 0.149. The number of oxime groups is 1. The number of nitrogens with zero attached hydrogens (tertiary/aromatic N) is 4. The van der Waals surface area contributed by atoms with Crippen molar-refractivity contribution in [1.82, 2.24) is 15.2 Å². The average Bonchev–Trinajstić information content (AvgIpc) is 1.08. The number of amides is 2. The fourth-order valence-electron chi connectivity index (χ4n) is 10.2. The summed E-state index contributed by atoms with van der Waals surface area (Å²) in [6, 6.07) is 68.4. The van der Waals surface area contributed by atoms with Gasteiger partial charge in [0.15, 0.2) is 35.4 Å². The number of thiazole rings is 1. The Hall–Kier alpha value is -9.30. The Balaban J connectivity index is 0.902. The SMILES string of the molecule is O=C(CON=C(C(=O)N[C@@H]1C(=O)N2C(C(=O)OC(c3ccccc3)c3ccccc3)=C(CSc3cc[n+](CC(F)(F)F)cc3)CS[C@H]12)c1csc(NC(c2ccccc2)(c2ccccc2)c2ccccc2)n1)OC(c1ccccc1)c1ccccc1. The quantitative estimate of drug-likeness (QED) is 0.0127. The van der Waals surface area contributed by atoms with Crippen LogP contribution in [0.15, 0.2) is 264 Å². The number of nitrogens with one attached hydrogen (secondary N) is 2. The van der Waals surface area contributed by atoms with E-state index in [0.717, 1.165) is 32.4 Å².